The smallest absolute Gasteiger partial charge is 0.314 e. The second-order valence-electron chi connectivity index (χ2n) is 4.65. The Hall–Kier alpha value is -1.88. The van der Waals surface area contributed by atoms with E-state index in [0.29, 0.717) is 16.5 Å². The standard InChI is InChI=1S/C15H13BrO4/c1-15(9-16,14(18)19)11-6-4-10(5-7-11)13(17)12-3-2-8-20-12/h2-8H,9H2,1H3,(H,18,19)/t15-/m0/s1. The summed E-state index contributed by atoms with van der Waals surface area (Å²) in [6.45, 7) is 1.63. The van der Waals surface area contributed by atoms with Gasteiger partial charge in [-0.2, -0.15) is 0 Å². The highest BCUT2D eigenvalue weighted by Gasteiger charge is 2.34. The molecule has 104 valence electrons. The molecule has 1 aromatic heterocycles. The molecule has 0 fully saturated rings. The Morgan fingerprint density at radius 2 is 1.90 bits per heavy atom. The van der Waals surface area contributed by atoms with E-state index in [4.69, 9.17) is 4.42 Å². The highest BCUT2D eigenvalue weighted by Crippen LogP contribution is 2.27. The fraction of sp³-hybridized carbons (Fsp3) is 0.200. The molecule has 1 aromatic carbocycles. The minimum atomic E-state index is -1.02. The minimum Gasteiger partial charge on any atom is -0.481 e. The molecular formula is C15H13BrO4. The lowest BCUT2D eigenvalue weighted by Gasteiger charge is -2.22. The van der Waals surface area contributed by atoms with Crippen LogP contribution in [0.4, 0.5) is 0 Å². The lowest BCUT2D eigenvalue weighted by Crippen LogP contribution is -2.34. The van der Waals surface area contributed by atoms with Gasteiger partial charge in [-0.15, -0.1) is 0 Å². The average Bonchev–Trinajstić information content (AvgIpc) is 2.99. The van der Waals surface area contributed by atoms with Gasteiger partial charge in [-0.25, -0.2) is 0 Å². The van der Waals surface area contributed by atoms with E-state index in [1.54, 1.807) is 43.3 Å². The van der Waals surface area contributed by atoms with Gasteiger partial charge in [-0.1, -0.05) is 40.2 Å². The SMILES string of the molecule is C[C@@](CBr)(C(=O)O)c1ccc(C(=O)c2ccco2)cc1. The van der Waals surface area contributed by atoms with Gasteiger partial charge in [0.25, 0.3) is 0 Å². The molecule has 1 heterocycles. The molecule has 0 aliphatic heterocycles. The van der Waals surface area contributed by atoms with E-state index in [1.165, 1.54) is 6.26 Å². The van der Waals surface area contributed by atoms with Crippen LogP contribution in [0.2, 0.25) is 0 Å². The minimum absolute atomic E-state index is 0.225. The van der Waals surface area contributed by atoms with Crippen molar-refractivity contribution >= 4 is 27.7 Å². The van der Waals surface area contributed by atoms with Crippen LogP contribution in [0.15, 0.2) is 47.1 Å². The van der Waals surface area contributed by atoms with Crippen molar-refractivity contribution in [3.63, 3.8) is 0 Å². The first-order valence-electron chi connectivity index (χ1n) is 5.97. The number of carbonyl (C=O) groups excluding carboxylic acids is 1. The molecule has 1 atom stereocenters. The number of carboxylic acids is 1. The maximum absolute atomic E-state index is 12.1. The molecule has 0 saturated carbocycles. The van der Waals surface area contributed by atoms with E-state index in [0.717, 1.165) is 0 Å². The summed E-state index contributed by atoms with van der Waals surface area (Å²) in [6.07, 6.45) is 1.44. The molecule has 0 aliphatic rings. The van der Waals surface area contributed by atoms with E-state index in [-0.39, 0.29) is 11.5 Å². The van der Waals surface area contributed by atoms with Gasteiger partial charge < -0.3 is 9.52 Å². The van der Waals surface area contributed by atoms with Crippen molar-refractivity contribution in [2.75, 3.05) is 5.33 Å². The average molecular weight is 337 g/mol. The van der Waals surface area contributed by atoms with Crippen LogP contribution in [-0.4, -0.2) is 22.2 Å². The summed E-state index contributed by atoms with van der Waals surface area (Å²) in [7, 11) is 0. The molecule has 0 spiro atoms. The summed E-state index contributed by atoms with van der Waals surface area (Å²) in [5.41, 5.74) is 0.0792. The quantitative estimate of drug-likeness (QED) is 0.672. The number of halogens is 1. The number of benzene rings is 1. The summed E-state index contributed by atoms with van der Waals surface area (Å²) in [5, 5.41) is 9.60. The Balaban J connectivity index is 2.31. The molecule has 0 bridgehead atoms. The first-order chi connectivity index (χ1) is 9.49. The third kappa shape index (κ3) is 2.54. The Bertz CT molecular complexity index is 616. The zero-order valence-electron chi connectivity index (χ0n) is 10.8. The molecule has 5 heteroatoms. The number of aliphatic carboxylic acids is 1. The number of carbonyl (C=O) groups is 2. The summed E-state index contributed by atoms with van der Waals surface area (Å²) >= 11 is 3.23. The molecule has 4 nitrogen and oxygen atoms in total. The van der Waals surface area contributed by atoms with Gasteiger partial charge in [0.15, 0.2) is 5.76 Å². The van der Waals surface area contributed by atoms with Gasteiger partial charge in [-0.3, -0.25) is 9.59 Å². The first-order valence-corrected chi connectivity index (χ1v) is 7.09. The lowest BCUT2D eigenvalue weighted by molar-refractivity contribution is -0.142. The number of furan rings is 1. The van der Waals surface area contributed by atoms with Crippen LogP contribution in [-0.2, 0) is 10.2 Å². The predicted molar refractivity (Wildman–Crippen MR) is 77.4 cm³/mol. The zero-order valence-corrected chi connectivity index (χ0v) is 12.4. The molecule has 20 heavy (non-hydrogen) atoms. The fourth-order valence-corrected chi connectivity index (χ4v) is 2.36. The van der Waals surface area contributed by atoms with Crippen molar-refractivity contribution in [3.05, 3.63) is 59.5 Å². The molecule has 0 unspecified atom stereocenters. The van der Waals surface area contributed by atoms with Crippen molar-refractivity contribution in [1.29, 1.82) is 0 Å². The molecule has 0 saturated heterocycles. The normalized spacial score (nSPS) is 13.7. The van der Waals surface area contributed by atoms with E-state index in [1.807, 2.05) is 0 Å². The van der Waals surface area contributed by atoms with Crippen LogP contribution in [0.5, 0.6) is 0 Å². The Labute approximate surface area is 124 Å². The second kappa shape index (κ2) is 5.63. The van der Waals surface area contributed by atoms with Gasteiger partial charge in [0, 0.05) is 10.9 Å². The number of hydrogen-bond acceptors (Lipinski definition) is 3. The Morgan fingerprint density at radius 1 is 1.25 bits per heavy atom. The summed E-state index contributed by atoms with van der Waals surface area (Å²) < 4.78 is 5.06. The Morgan fingerprint density at radius 3 is 2.35 bits per heavy atom. The number of alkyl halides is 1. The molecule has 0 aliphatic carbocycles. The topological polar surface area (TPSA) is 67.5 Å². The van der Waals surface area contributed by atoms with E-state index >= 15 is 0 Å². The third-order valence-corrected chi connectivity index (χ3v) is 4.39. The zero-order chi connectivity index (χ0) is 14.8. The molecule has 0 amide bonds. The van der Waals surface area contributed by atoms with Gasteiger partial charge in [0.05, 0.1) is 11.7 Å². The summed E-state index contributed by atoms with van der Waals surface area (Å²) in [4.78, 5) is 23.4. The van der Waals surface area contributed by atoms with Crippen molar-refractivity contribution in [3.8, 4) is 0 Å². The number of carboxylic acid groups (broad SMARTS) is 1. The predicted octanol–water partition coefficient (Wildman–Crippen LogP) is 3.25. The van der Waals surface area contributed by atoms with Crippen LogP contribution in [0.1, 0.15) is 28.6 Å². The van der Waals surface area contributed by atoms with Crippen LogP contribution in [0.3, 0.4) is 0 Å². The second-order valence-corrected chi connectivity index (χ2v) is 5.22. The lowest BCUT2D eigenvalue weighted by atomic mass is 9.84. The molecule has 0 radical (unpaired) electrons. The van der Waals surface area contributed by atoms with Crippen LogP contribution in [0, 0.1) is 0 Å². The summed E-state index contributed by atoms with van der Waals surface area (Å²) in [5.74, 6) is -0.879. The van der Waals surface area contributed by atoms with E-state index in [9.17, 15) is 14.7 Å². The van der Waals surface area contributed by atoms with Gasteiger partial charge in [0.1, 0.15) is 0 Å². The van der Waals surface area contributed by atoms with E-state index in [2.05, 4.69) is 15.9 Å². The maximum Gasteiger partial charge on any atom is 0.314 e. The maximum atomic E-state index is 12.1. The molecule has 2 aromatic rings. The number of hydrogen-bond donors (Lipinski definition) is 1. The van der Waals surface area contributed by atoms with Gasteiger partial charge in [0.2, 0.25) is 5.78 Å². The summed E-state index contributed by atoms with van der Waals surface area (Å²) in [6, 6.07) is 9.79. The van der Waals surface area contributed by atoms with Crippen molar-refractivity contribution in [1.82, 2.24) is 0 Å². The largest absolute Gasteiger partial charge is 0.481 e. The first kappa shape index (κ1) is 14.5. The van der Waals surface area contributed by atoms with Crippen molar-refractivity contribution in [2.24, 2.45) is 0 Å². The van der Waals surface area contributed by atoms with Crippen molar-refractivity contribution < 1.29 is 19.1 Å². The monoisotopic (exact) mass is 336 g/mol. The van der Waals surface area contributed by atoms with Crippen LogP contribution in [0.25, 0.3) is 0 Å². The van der Waals surface area contributed by atoms with Gasteiger partial charge >= 0.3 is 5.97 Å². The Kier molecular flexibility index (Phi) is 4.09. The van der Waals surface area contributed by atoms with Gasteiger partial charge in [-0.05, 0) is 24.6 Å². The fourth-order valence-electron chi connectivity index (χ4n) is 1.80. The highest BCUT2D eigenvalue weighted by molar-refractivity contribution is 9.09. The van der Waals surface area contributed by atoms with Crippen molar-refractivity contribution in [2.45, 2.75) is 12.3 Å². The third-order valence-electron chi connectivity index (χ3n) is 3.27. The molecule has 2 rings (SSSR count). The molecule has 1 N–H and O–H groups in total. The van der Waals surface area contributed by atoms with E-state index < -0.39 is 11.4 Å². The van der Waals surface area contributed by atoms with Crippen LogP contribution < -0.4 is 0 Å². The molecular weight excluding hydrogens is 324 g/mol. The van der Waals surface area contributed by atoms with Crippen LogP contribution >= 0.6 is 15.9 Å². The number of ketones is 1. The number of rotatable bonds is 5. The highest BCUT2D eigenvalue weighted by atomic mass is 79.9.